The molecule has 5 heteroatoms. The fourth-order valence-electron chi connectivity index (χ4n) is 4.68. The first kappa shape index (κ1) is 14.9. The molecule has 1 saturated carbocycles. The number of urea groups is 1. The van der Waals surface area contributed by atoms with Crippen molar-refractivity contribution in [2.45, 2.75) is 51.3 Å². The Hall–Kier alpha value is -1.62. The fourth-order valence-corrected chi connectivity index (χ4v) is 4.68. The van der Waals surface area contributed by atoms with Gasteiger partial charge in [-0.05, 0) is 42.5 Å². The van der Waals surface area contributed by atoms with Gasteiger partial charge in [-0.15, -0.1) is 0 Å². The average Bonchev–Trinajstić information content (AvgIpc) is 3.11. The summed E-state index contributed by atoms with van der Waals surface area (Å²) in [5.74, 6) is 0.174. The molecule has 2 amide bonds. The molecule has 1 heterocycles. The molecule has 124 valence electrons. The van der Waals surface area contributed by atoms with E-state index in [1.54, 1.807) is 6.07 Å². The lowest BCUT2D eigenvalue weighted by Crippen LogP contribution is -2.67. The molecule has 2 N–H and O–H groups in total. The van der Waals surface area contributed by atoms with Gasteiger partial charge in [-0.3, -0.25) is 0 Å². The Balaban J connectivity index is 1.41. The molecule has 0 unspecified atom stereocenters. The summed E-state index contributed by atoms with van der Waals surface area (Å²) >= 11 is 0. The smallest absolute Gasteiger partial charge is 0.315 e. The maximum atomic E-state index is 13.5. The van der Waals surface area contributed by atoms with Crippen LogP contribution in [0.4, 0.5) is 9.18 Å². The van der Waals surface area contributed by atoms with Crippen LogP contribution in [-0.2, 0) is 11.2 Å². The largest absolute Gasteiger partial charge is 0.377 e. The van der Waals surface area contributed by atoms with Crippen LogP contribution in [0.3, 0.4) is 0 Å². The topological polar surface area (TPSA) is 50.4 Å². The van der Waals surface area contributed by atoms with Gasteiger partial charge in [0.25, 0.3) is 0 Å². The van der Waals surface area contributed by atoms with E-state index in [2.05, 4.69) is 24.5 Å². The molecule has 4 nitrogen and oxygen atoms in total. The van der Waals surface area contributed by atoms with Crippen LogP contribution >= 0.6 is 0 Å². The van der Waals surface area contributed by atoms with Crippen LogP contribution in [0.15, 0.2) is 18.2 Å². The Bertz CT molecular complexity index is 646. The minimum atomic E-state index is -0.246. The highest BCUT2D eigenvalue weighted by atomic mass is 19.1. The number of carbonyl (C=O) groups is 1. The molecule has 2 fully saturated rings. The summed E-state index contributed by atoms with van der Waals surface area (Å²) in [6.07, 6.45) is 2.98. The first-order valence-corrected chi connectivity index (χ1v) is 8.44. The Kier molecular flexibility index (Phi) is 3.38. The first-order valence-electron chi connectivity index (χ1n) is 8.44. The predicted octanol–water partition coefficient (Wildman–Crippen LogP) is 2.93. The van der Waals surface area contributed by atoms with Crippen LogP contribution in [-0.4, -0.2) is 24.8 Å². The standard InChI is InChI=1S/C18H23FN2O2/c1-18(2)15(12-7-8-23-16(12)18)21-17(22)20-14-6-4-10-3-5-11(19)9-13(10)14/h3,5,9,12,14-16H,4,6-8H2,1-2H3,(H2,20,21,22)/t12-,14-,15+,16+/m1/s1. The first-order chi connectivity index (χ1) is 11.0. The van der Waals surface area contributed by atoms with Crippen LogP contribution in [0.25, 0.3) is 0 Å². The Morgan fingerprint density at radius 3 is 2.96 bits per heavy atom. The number of nitrogens with one attached hydrogen (secondary N) is 2. The quantitative estimate of drug-likeness (QED) is 0.881. The highest BCUT2D eigenvalue weighted by molar-refractivity contribution is 5.75. The molecule has 2 aliphatic carbocycles. The van der Waals surface area contributed by atoms with E-state index in [0.29, 0.717) is 5.92 Å². The third-order valence-corrected chi connectivity index (χ3v) is 5.88. The van der Waals surface area contributed by atoms with E-state index in [-0.39, 0.29) is 35.5 Å². The third-order valence-electron chi connectivity index (χ3n) is 5.88. The van der Waals surface area contributed by atoms with Gasteiger partial charge in [0.1, 0.15) is 5.82 Å². The molecule has 4 rings (SSSR count). The van der Waals surface area contributed by atoms with Crippen molar-refractivity contribution in [1.82, 2.24) is 10.6 Å². The number of carbonyl (C=O) groups excluding carboxylic acids is 1. The molecule has 0 radical (unpaired) electrons. The van der Waals surface area contributed by atoms with Crippen LogP contribution in [0.2, 0.25) is 0 Å². The van der Waals surface area contributed by atoms with Crippen molar-refractivity contribution in [1.29, 1.82) is 0 Å². The van der Waals surface area contributed by atoms with Crippen molar-refractivity contribution in [3.63, 3.8) is 0 Å². The Labute approximate surface area is 135 Å². The molecule has 1 aliphatic heterocycles. The van der Waals surface area contributed by atoms with Crippen molar-refractivity contribution >= 4 is 6.03 Å². The molecule has 1 aromatic carbocycles. The average molecular weight is 318 g/mol. The van der Waals surface area contributed by atoms with Crippen molar-refractivity contribution in [2.75, 3.05) is 6.61 Å². The van der Waals surface area contributed by atoms with E-state index in [4.69, 9.17) is 4.74 Å². The van der Waals surface area contributed by atoms with Crippen LogP contribution < -0.4 is 10.6 Å². The van der Waals surface area contributed by atoms with Crippen molar-refractivity contribution in [3.8, 4) is 0 Å². The minimum Gasteiger partial charge on any atom is -0.377 e. The van der Waals surface area contributed by atoms with Crippen LogP contribution in [0.1, 0.15) is 43.9 Å². The molecule has 0 aromatic heterocycles. The number of benzene rings is 1. The second-order valence-electron chi connectivity index (χ2n) is 7.60. The van der Waals surface area contributed by atoms with Gasteiger partial charge in [0.2, 0.25) is 0 Å². The lowest BCUT2D eigenvalue weighted by atomic mass is 9.57. The number of fused-ring (bicyclic) bond motifs is 2. The third kappa shape index (κ3) is 2.33. The monoisotopic (exact) mass is 318 g/mol. The van der Waals surface area contributed by atoms with Gasteiger partial charge in [-0.1, -0.05) is 19.9 Å². The Morgan fingerprint density at radius 1 is 1.30 bits per heavy atom. The normalized spacial score (nSPS) is 33.5. The zero-order valence-electron chi connectivity index (χ0n) is 13.6. The lowest BCUT2D eigenvalue weighted by molar-refractivity contribution is -0.108. The summed E-state index contributed by atoms with van der Waals surface area (Å²) in [5, 5.41) is 6.15. The van der Waals surface area contributed by atoms with Crippen molar-refractivity contribution < 1.29 is 13.9 Å². The fraction of sp³-hybridized carbons (Fsp3) is 0.611. The minimum absolute atomic E-state index is 0.0296. The summed E-state index contributed by atoms with van der Waals surface area (Å²) in [7, 11) is 0. The molecular formula is C18H23FN2O2. The molecule has 0 spiro atoms. The second kappa shape index (κ2) is 5.20. The van der Waals surface area contributed by atoms with E-state index < -0.39 is 0 Å². The molecule has 1 saturated heterocycles. The zero-order valence-corrected chi connectivity index (χ0v) is 13.6. The number of rotatable bonds is 2. The molecule has 0 bridgehead atoms. The van der Waals surface area contributed by atoms with Gasteiger partial charge in [-0.25, -0.2) is 9.18 Å². The van der Waals surface area contributed by atoms with E-state index in [0.717, 1.165) is 37.0 Å². The van der Waals surface area contributed by atoms with Crippen molar-refractivity contribution in [3.05, 3.63) is 35.1 Å². The highest BCUT2D eigenvalue weighted by Crippen LogP contribution is 2.52. The summed E-state index contributed by atoms with van der Waals surface area (Å²) in [5.41, 5.74) is 2.01. The summed E-state index contributed by atoms with van der Waals surface area (Å²) < 4.78 is 19.2. The van der Waals surface area contributed by atoms with Gasteiger partial charge in [-0.2, -0.15) is 0 Å². The molecule has 1 aromatic rings. The van der Waals surface area contributed by atoms with Gasteiger partial charge < -0.3 is 15.4 Å². The SMILES string of the molecule is CC1(C)[C@@H](NC(=O)N[C@@H]2CCc3ccc(F)cc32)[C@H]2CCO[C@@H]21. The van der Waals surface area contributed by atoms with Gasteiger partial charge in [0.15, 0.2) is 0 Å². The molecule has 4 atom stereocenters. The summed E-state index contributed by atoms with van der Waals surface area (Å²) in [4.78, 5) is 12.4. The van der Waals surface area contributed by atoms with Gasteiger partial charge in [0, 0.05) is 24.0 Å². The highest BCUT2D eigenvalue weighted by Gasteiger charge is 2.59. The number of hydrogen-bond acceptors (Lipinski definition) is 2. The number of halogens is 1. The maximum absolute atomic E-state index is 13.5. The van der Waals surface area contributed by atoms with E-state index in [1.165, 1.54) is 6.07 Å². The van der Waals surface area contributed by atoms with Crippen molar-refractivity contribution in [2.24, 2.45) is 11.3 Å². The Morgan fingerprint density at radius 2 is 2.13 bits per heavy atom. The predicted molar refractivity (Wildman–Crippen MR) is 84.5 cm³/mol. The van der Waals surface area contributed by atoms with Gasteiger partial charge in [0.05, 0.1) is 12.1 Å². The zero-order chi connectivity index (χ0) is 16.2. The van der Waals surface area contributed by atoms with Gasteiger partial charge >= 0.3 is 6.03 Å². The summed E-state index contributed by atoms with van der Waals surface area (Å²) in [6, 6.07) is 4.73. The van der Waals surface area contributed by atoms with E-state index in [9.17, 15) is 9.18 Å². The second-order valence-corrected chi connectivity index (χ2v) is 7.60. The molecular weight excluding hydrogens is 295 g/mol. The number of ether oxygens (including phenoxy) is 1. The molecule has 23 heavy (non-hydrogen) atoms. The summed E-state index contributed by atoms with van der Waals surface area (Å²) in [6.45, 7) is 5.07. The van der Waals surface area contributed by atoms with E-state index >= 15 is 0 Å². The lowest BCUT2D eigenvalue weighted by Gasteiger charge is -2.54. The number of amides is 2. The molecule has 3 aliphatic rings. The van der Waals surface area contributed by atoms with Crippen LogP contribution in [0.5, 0.6) is 0 Å². The number of hydrogen-bond donors (Lipinski definition) is 2. The maximum Gasteiger partial charge on any atom is 0.315 e. The number of aryl methyl sites for hydroxylation is 1. The van der Waals surface area contributed by atoms with Crippen LogP contribution in [0, 0.1) is 17.2 Å². The van der Waals surface area contributed by atoms with E-state index in [1.807, 2.05) is 6.07 Å².